The summed E-state index contributed by atoms with van der Waals surface area (Å²) in [6.07, 6.45) is 6.27. The number of aromatic nitrogens is 1. The molecule has 2 saturated heterocycles. The summed E-state index contributed by atoms with van der Waals surface area (Å²) < 4.78 is 0. The second kappa shape index (κ2) is 5.77. The summed E-state index contributed by atoms with van der Waals surface area (Å²) >= 11 is 0. The van der Waals surface area contributed by atoms with E-state index in [-0.39, 0.29) is 5.41 Å². The number of carbonyl (C=O) groups is 1. The first-order valence-corrected chi connectivity index (χ1v) is 9.02. The predicted octanol–water partition coefficient (Wildman–Crippen LogP) is 2.63. The van der Waals surface area contributed by atoms with Crippen LogP contribution in [0.2, 0.25) is 0 Å². The number of hydrogen-bond donors (Lipinski definition) is 0. The third-order valence-electron chi connectivity index (χ3n) is 5.78. The number of carbonyl (C=O) groups excluding carboxylic acids is 1. The zero-order valence-electron chi connectivity index (χ0n) is 14.3. The first kappa shape index (κ1) is 15.4. The summed E-state index contributed by atoms with van der Waals surface area (Å²) in [4.78, 5) is 21.3. The molecule has 1 aliphatic carbocycles. The van der Waals surface area contributed by atoms with Crippen molar-refractivity contribution in [2.24, 2.45) is 5.41 Å². The predicted molar refractivity (Wildman–Crippen MR) is 91.5 cm³/mol. The van der Waals surface area contributed by atoms with Gasteiger partial charge in [-0.3, -0.25) is 4.79 Å². The van der Waals surface area contributed by atoms with Crippen molar-refractivity contribution in [3.63, 3.8) is 0 Å². The Bertz CT molecular complexity index is 706. The quantitative estimate of drug-likeness (QED) is 0.839. The topological polar surface area (TPSA) is 60.2 Å². The summed E-state index contributed by atoms with van der Waals surface area (Å²) in [7, 11) is 0. The van der Waals surface area contributed by atoms with E-state index in [1.54, 1.807) is 0 Å². The first-order chi connectivity index (χ1) is 11.6. The average molecular weight is 324 g/mol. The van der Waals surface area contributed by atoms with Gasteiger partial charge in [-0.25, -0.2) is 4.98 Å². The van der Waals surface area contributed by atoms with Crippen molar-refractivity contribution in [2.45, 2.75) is 51.5 Å². The van der Waals surface area contributed by atoms with Crippen molar-refractivity contribution in [3.8, 4) is 6.07 Å². The van der Waals surface area contributed by atoms with E-state index in [0.29, 0.717) is 23.9 Å². The largest absolute Gasteiger partial charge is 0.355 e. The van der Waals surface area contributed by atoms with Gasteiger partial charge in [0.25, 0.3) is 0 Å². The van der Waals surface area contributed by atoms with Crippen molar-refractivity contribution in [2.75, 3.05) is 24.5 Å². The molecular weight excluding hydrogens is 300 g/mol. The molecule has 1 atom stereocenters. The standard InChI is InChI=1S/C19H24N4O/c1-14-3-4-15(11-20)18(21-14)22-10-2-8-19(12-22)9-7-17(24)23(13-19)16-5-6-16/h3-4,16H,2,5-10,12-13H2,1H3/t19-/m1/s1. The zero-order valence-corrected chi connectivity index (χ0v) is 14.3. The molecule has 2 aliphatic heterocycles. The minimum Gasteiger partial charge on any atom is -0.355 e. The molecule has 126 valence electrons. The molecule has 24 heavy (non-hydrogen) atoms. The second-order valence-corrected chi connectivity index (χ2v) is 7.71. The van der Waals surface area contributed by atoms with Crippen LogP contribution in [0.5, 0.6) is 0 Å². The summed E-state index contributed by atoms with van der Waals surface area (Å²) in [6, 6.07) is 6.56. The van der Waals surface area contributed by atoms with Gasteiger partial charge in [0.2, 0.25) is 5.91 Å². The van der Waals surface area contributed by atoms with Crippen LogP contribution in [-0.4, -0.2) is 41.5 Å². The van der Waals surface area contributed by atoms with Gasteiger partial charge < -0.3 is 9.80 Å². The van der Waals surface area contributed by atoms with Gasteiger partial charge in [0.1, 0.15) is 11.9 Å². The van der Waals surface area contributed by atoms with E-state index in [4.69, 9.17) is 0 Å². The fourth-order valence-electron chi connectivity index (χ4n) is 4.36. The number of nitrogens with zero attached hydrogens (tertiary/aromatic N) is 4. The van der Waals surface area contributed by atoms with Crippen LogP contribution < -0.4 is 4.90 Å². The van der Waals surface area contributed by atoms with E-state index in [1.165, 1.54) is 19.3 Å². The number of amides is 1. The highest BCUT2D eigenvalue weighted by molar-refractivity contribution is 5.78. The van der Waals surface area contributed by atoms with Crippen LogP contribution in [0.1, 0.15) is 49.8 Å². The number of aryl methyl sites for hydroxylation is 1. The molecular formula is C19H24N4O. The van der Waals surface area contributed by atoms with Crippen LogP contribution in [0.3, 0.4) is 0 Å². The first-order valence-electron chi connectivity index (χ1n) is 9.02. The van der Waals surface area contributed by atoms with Crippen molar-refractivity contribution in [1.29, 1.82) is 5.26 Å². The minimum absolute atomic E-state index is 0.174. The van der Waals surface area contributed by atoms with Gasteiger partial charge in [-0.15, -0.1) is 0 Å². The highest BCUT2D eigenvalue weighted by Gasteiger charge is 2.46. The van der Waals surface area contributed by atoms with Crippen LogP contribution in [0, 0.1) is 23.7 Å². The van der Waals surface area contributed by atoms with Gasteiger partial charge in [-0.05, 0) is 51.2 Å². The van der Waals surface area contributed by atoms with E-state index in [1.807, 2.05) is 19.1 Å². The molecule has 5 nitrogen and oxygen atoms in total. The molecule has 0 bridgehead atoms. The van der Waals surface area contributed by atoms with Gasteiger partial charge >= 0.3 is 0 Å². The molecule has 3 fully saturated rings. The lowest BCUT2D eigenvalue weighted by atomic mass is 9.73. The number of anilines is 1. The number of hydrogen-bond acceptors (Lipinski definition) is 4. The van der Waals surface area contributed by atoms with Crippen molar-refractivity contribution < 1.29 is 4.79 Å². The molecule has 1 spiro atoms. The monoisotopic (exact) mass is 324 g/mol. The molecule has 5 heteroatoms. The van der Waals surface area contributed by atoms with Gasteiger partial charge in [0.15, 0.2) is 0 Å². The molecule has 3 heterocycles. The van der Waals surface area contributed by atoms with Crippen LogP contribution in [0.15, 0.2) is 12.1 Å². The van der Waals surface area contributed by atoms with E-state index in [9.17, 15) is 10.1 Å². The maximum atomic E-state index is 12.3. The lowest BCUT2D eigenvalue weighted by Crippen LogP contribution is -2.54. The Kier molecular flexibility index (Phi) is 3.71. The fourth-order valence-corrected chi connectivity index (χ4v) is 4.36. The fraction of sp³-hybridized carbons (Fsp3) is 0.632. The molecule has 4 rings (SSSR count). The van der Waals surface area contributed by atoms with E-state index >= 15 is 0 Å². The lowest BCUT2D eigenvalue weighted by molar-refractivity contribution is -0.138. The Balaban J connectivity index is 1.59. The van der Waals surface area contributed by atoms with E-state index in [0.717, 1.165) is 44.0 Å². The summed E-state index contributed by atoms with van der Waals surface area (Å²) in [5.41, 5.74) is 1.78. The molecule has 1 saturated carbocycles. The van der Waals surface area contributed by atoms with Gasteiger partial charge in [0, 0.05) is 43.2 Å². The summed E-state index contributed by atoms with van der Waals surface area (Å²) in [5.74, 6) is 1.16. The Morgan fingerprint density at radius 2 is 2.12 bits per heavy atom. The molecule has 0 unspecified atom stereocenters. The smallest absolute Gasteiger partial charge is 0.222 e. The highest BCUT2D eigenvalue weighted by atomic mass is 16.2. The van der Waals surface area contributed by atoms with Crippen molar-refractivity contribution >= 4 is 11.7 Å². The van der Waals surface area contributed by atoms with Crippen LogP contribution in [0.25, 0.3) is 0 Å². The number of pyridine rings is 1. The number of nitriles is 1. The minimum atomic E-state index is 0.174. The third kappa shape index (κ3) is 2.75. The molecule has 1 amide bonds. The van der Waals surface area contributed by atoms with Crippen LogP contribution in [-0.2, 0) is 4.79 Å². The van der Waals surface area contributed by atoms with Gasteiger partial charge in [0.05, 0.1) is 5.56 Å². The average Bonchev–Trinajstić information content (AvgIpc) is 3.42. The van der Waals surface area contributed by atoms with E-state index < -0.39 is 0 Å². The Morgan fingerprint density at radius 1 is 1.29 bits per heavy atom. The van der Waals surface area contributed by atoms with Gasteiger partial charge in [-0.1, -0.05) is 0 Å². The van der Waals surface area contributed by atoms with Crippen LogP contribution >= 0.6 is 0 Å². The van der Waals surface area contributed by atoms with Crippen LogP contribution in [0.4, 0.5) is 5.82 Å². The molecule has 3 aliphatic rings. The number of likely N-dealkylation sites (tertiary alicyclic amines) is 1. The van der Waals surface area contributed by atoms with E-state index in [2.05, 4.69) is 20.9 Å². The Morgan fingerprint density at radius 3 is 2.88 bits per heavy atom. The molecule has 0 N–H and O–H groups in total. The summed E-state index contributed by atoms with van der Waals surface area (Å²) in [6.45, 7) is 4.72. The third-order valence-corrected chi connectivity index (χ3v) is 5.78. The van der Waals surface area contributed by atoms with Gasteiger partial charge in [-0.2, -0.15) is 5.26 Å². The number of piperidine rings is 2. The number of rotatable bonds is 2. The second-order valence-electron chi connectivity index (χ2n) is 7.71. The van der Waals surface area contributed by atoms with Crippen molar-refractivity contribution in [1.82, 2.24) is 9.88 Å². The summed E-state index contributed by atoms with van der Waals surface area (Å²) in [5, 5.41) is 9.43. The molecule has 1 aromatic heterocycles. The Hall–Kier alpha value is -2.09. The highest BCUT2D eigenvalue weighted by Crippen LogP contribution is 2.43. The SMILES string of the molecule is Cc1ccc(C#N)c(N2CCC[C@@]3(CCC(=O)N(C4CC4)C3)C2)n1. The van der Waals surface area contributed by atoms with Crippen molar-refractivity contribution in [3.05, 3.63) is 23.4 Å². The molecule has 0 aromatic carbocycles. The normalized spacial score (nSPS) is 27.4. The maximum absolute atomic E-state index is 12.3. The lowest BCUT2D eigenvalue weighted by Gasteiger charge is -2.48. The maximum Gasteiger partial charge on any atom is 0.222 e. The molecule has 0 radical (unpaired) electrons. The molecule has 1 aromatic rings. The zero-order chi connectivity index (χ0) is 16.7. The Labute approximate surface area is 143 Å².